The van der Waals surface area contributed by atoms with Gasteiger partial charge in [-0.1, -0.05) is 59.1 Å². The van der Waals surface area contributed by atoms with Crippen molar-refractivity contribution in [3.8, 4) is 5.75 Å². The van der Waals surface area contributed by atoms with Crippen molar-refractivity contribution < 1.29 is 5.11 Å². The van der Waals surface area contributed by atoms with E-state index in [1.807, 2.05) is 12.1 Å². The lowest BCUT2D eigenvalue weighted by molar-refractivity contribution is 0.360. The van der Waals surface area contributed by atoms with Crippen LogP contribution in [0, 0.1) is 0 Å². The van der Waals surface area contributed by atoms with Crippen LogP contribution >= 0.6 is 34.8 Å². The third-order valence-corrected chi connectivity index (χ3v) is 2.81. The third kappa shape index (κ3) is 2.15. The van der Waals surface area contributed by atoms with Crippen LogP contribution in [0.1, 0.15) is 5.56 Å². The summed E-state index contributed by atoms with van der Waals surface area (Å²) in [5, 5.41) is 13.1. The SMILES string of the molecule is [O]c1cc(C(Cl)(Cl)Cl)cc2ccccc12. The summed E-state index contributed by atoms with van der Waals surface area (Å²) in [5.41, 5.74) is 0.399. The Morgan fingerprint density at radius 3 is 2.33 bits per heavy atom. The van der Waals surface area contributed by atoms with Gasteiger partial charge in [0.1, 0.15) is 0 Å². The van der Waals surface area contributed by atoms with E-state index in [4.69, 9.17) is 34.8 Å². The first kappa shape index (κ1) is 10.9. The second kappa shape index (κ2) is 3.75. The van der Waals surface area contributed by atoms with E-state index >= 15 is 0 Å². The highest BCUT2D eigenvalue weighted by molar-refractivity contribution is 6.66. The largest absolute Gasteiger partial charge is 0.289 e. The van der Waals surface area contributed by atoms with Crippen molar-refractivity contribution >= 4 is 45.6 Å². The molecule has 2 rings (SSSR count). The second-order valence-corrected chi connectivity index (χ2v) is 5.47. The van der Waals surface area contributed by atoms with Gasteiger partial charge in [-0.05, 0) is 17.5 Å². The quantitative estimate of drug-likeness (QED) is 0.606. The van der Waals surface area contributed by atoms with Crippen LogP contribution in [0.2, 0.25) is 0 Å². The van der Waals surface area contributed by atoms with Crippen molar-refractivity contribution in [1.29, 1.82) is 0 Å². The smallest absolute Gasteiger partial charge is 0.216 e. The highest BCUT2D eigenvalue weighted by atomic mass is 35.6. The predicted molar refractivity (Wildman–Crippen MR) is 63.3 cm³/mol. The van der Waals surface area contributed by atoms with Crippen molar-refractivity contribution in [2.24, 2.45) is 0 Å². The van der Waals surface area contributed by atoms with Crippen LogP contribution in [0.3, 0.4) is 0 Å². The maximum absolute atomic E-state index is 11.7. The van der Waals surface area contributed by atoms with Crippen molar-refractivity contribution in [3.05, 3.63) is 42.0 Å². The van der Waals surface area contributed by atoms with Gasteiger partial charge in [-0.2, -0.15) is 0 Å². The molecule has 0 unspecified atom stereocenters. The van der Waals surface area contributed by atoms with Gasteiger partial charge in [-0.25, -0.2) is 0 Å². The van der Waals surface area contributed by atoms with Gasteiger partial charge in [0.25, 0.3) is 0 Å². The average molecular weight is 261 g/mol. The number of fused-ring (bicyclic) bond motifs is 1. The molecule has 15 heavy (non-hydrogen) atoms. The Kier molecular flexibility index (Phi) is 2.72. The van der Waals surface area contributed by atoms with Gasteiger partial charge in [0, 0.05) is 10.9 Å². The summed E-state index contributed by atoms with van der Waals surface area (Å²) in [4.78, 5) is 0. The zero-order valence-electron chi connectivity index (χ0n) is 7.51. The van der Waals surface area contributed by atoms with E-state index in [1.54, 1.807) is 18.2 Å². The molecule has 0 saturated heterocycles. The molecule has 0 aromatic heterocycles. The Morgan fingerprint density at radius 1 is 1.00 bits per heavy atom. The van der Waals surface area contributed by atoms with Gasteiger partial charge < -0.3 is 0 Å². The lowest BCUT2D eigenvalue weighted by atomic mass is 10.1. The van der Waals surface area contributed by atoms with E-state index in [0.717, 1.165) is 5.39 Å². The van der Waals surface area contributed by atoms with E-state index in [9.17, 15) is 5.11 Å². The van der Waals surface area contributed by atoms with E-state index < -0.39 is 3.79 Å². The molecule has 0 spiro atoms. The van der Waals surface area contributed by atoms with E-state index in [-0.39, 0.29) is 5.75 Å². The van der Waals surface area contributed by atoms with Crippen molar-refractivity contribution in [1.82, 2.24) is 0 Å². The zero-order chi connectivity index (χ0) is 11.1. The average Bonchev–Trinajstić information content (AvgIpc) is 2.16. The highest BCUT2D eigenvalue weighted by Gasteiger charge is 2.24. The number of benzene rings is 2. The standard InChI is InChI=1S/C11H6Cl3O/c12-11(13,14)8-5-7-3-1-2-4-9(7)10(15)6-8/h1-6H. The first-order valence-electron chi connectivity index (χ1n) is 4.25. The molecule has 0 fully saturated rings. The molecular weight excluding hydrogens is 254 g/mol. The maximum Gasteiger partial charge on any atom is 0.216 e. The molecule has 0 heterocycles. The molecule has 0 aliphatic rings. The number of halogens is 3. The van der Waals surface area contributed by atoms with Crippen LogP contribution < -0.4 is 0 Å². The lowest BCUT2D eigenvalue weighted by Crippen LogP contribution is -1.99. The summed E-state index contributed by atoms with van der Waals surface area (Å²) in [6, 6.07) is 10.3. The summed E-state index contributed by atoms with van der Waals surface area (Å²) in [5.74, 6) is -0.130. The Morgan fingerprint density at radius 2 is 1.67 bits per heavy atom. The molecule has 2 aromatic carbocycles. The Hall–Kier alpha value is -0.630. The third-order valence-electron chi connectivity index (χ3n) is 2.15. The van der Waals surface area contributed by atoms with Gasteiger partial charge in [0.2, 0.25) is 3.79 Å². The minimum absolute atomic E-state index is 0.130. The summed E-state index contributed by atoms with van der Waals surface area (Å²) in [6.45, 7) is 0. The molecule has 0 saturated carbocycles. The molecular formula is C11H6Cl3O. The first-order chi connectivity index (χ1) is 6.98. The minimum Gasteiger partial charge on any atom is -0.289 e. The van der Waals surface area contributed by atoms with Crippen LogP contribution in [0.15, 0.2) is 36.4 Å². The maximum atomic E-state index is 11.7. The van der Waals surface area contributed by atoms with Crippen molar-refractivity contribution in [2.45, 2.75) is 3.79 Å². The van der Waals surface area contributed by atoms with Crippen LogP contribution in [-0.4, -0.2) is 0 Å². The Labute approximate surface area is 102 Å². The van der Waals surface area contributed by atoms with Crippen molar-refractivity contribution in [3.63, 3.8) is 0 Å². The molecule has 4 heteroatoms. The molecule has 0 amide bonds. The van der Waals surface area contributed by atoms with Gasteiger partial charge in [-0.3, -0.25) is 5.11 Å². The van der Waals surface area contributed by atoms with Crippen LogP contribution in [0.25, 0.3) is 10.8 Å². The number of hydrogen-bond acceptors (Lipinski definition) is 0. The Balaban J connectivity index is 2.73. The topological polar surface area (TPSA) is 19.9 Å². The zero-order valence-corrected chi connectivity index (χ0v) is 9.77. The Bertz CT molecular complexity index is 503. The van der Waals surface area contributed by atoms with Crippen LogP contribution in [-0.2, 0) is 8.90 Å². The number of rotatable bonds is 0. The fraction of sp³-hybridized carbons (Fsp3) is 0.0909. The molecule has 0 atom stereocenters. The molecule has 0 N–H and O–H groups in total. The van der Waals surface area contributed by atoms with E-state index in [2.05, 4.69) is 0 Å². The van der Waals surface area contributed by atoms with Crippen LogP contribution in [0.4, 0.5) is 0 Å². The summed E-state index contributed by atoms with van der Waals surface area (Å²) in [7, 11) is 0. The molecule has 77 valence electrons. The number of hydrogen-bond donors (Lipinski definition) is 0. The predicted octanol–water partition coefficient (Wildman–Crippen LogP) is 4.81. The lowest BCUT2D eigenvalue weighted by Gasteiger charge is -2.12. The summed E-state index contributed by atoms with van der Waals surface area (Å²) in [6.07, 6.45) is 0. The molecule has 0 aliphatic heterocycles. The van der Waals surface area contributed by atoms with Crippen molar-refractivity contribution in [2.75, 3.05) is 0 Å². The molecule has 0 bridgehead atoms. The molecule has 0 aliphatic carbocycles. The molecule has 1 radical (unpaired) electrons. The molecule has 2 aromatic rings. The minimum atomic E-state index is -1.55. The number of alkyl halides is 3. The first-order valence-corrected chi connectivity index (χ1v) is 5.39. The van der Waals surface area contributed by atoms with E-state index in [0.29, 0.717) is 10.9 Å². The van der Waals surface area contributed by atoms with Crippen LogP contribution in [0.5, 0.6) is 5.75 Å². The fourth-order valence-corrected chi connectivity index (χ4v) is 1.77. The van der Waals surface area contributed by atoms with Gasteiger partial charge in [-0.15, -0.1) is 0 Å². The molecule has 1 nitrogen and oxygen atoms in total. The van der Waals surface area contributed by atoms with E-state index in [1.165, 1.54) is 6.07 Å². The second-order valence-electron chi connectivity index (χ2n) is 3.19. The normalized spacial score (nSPS) is 11.9. The highest BCUT2D eigenvalue weighted by Crippen LogP contribution is 2.41. The fourth-order valence-electron chi connectivity index (χ4n) is 1.44. The van der Waals surface area contributed by atoms with Gasteiger partial charge >= 0.3 is 0 Å². The van der Waals surface area contributed by atoms with Gasteiger partial charge in [0.05, 0.1) is 0 Å². The monoisotopic (exact) mass is 259 g/mol. The van der Waals surface area contributed by atoms with Gasteiger partial charge in [0.15, 0.2) is 5.75 Å². The summed E-state index contributed by atoms with van der Waals surface area (Å²) >= 11 is 17.2. The summed E-state index contributed by atoms with van der Waals surface area (Å²) < 4.78 is -1.55.